The summed E-state index contributed by atoms with van der Waals surface area (Å²) >= 11 is 7.28. The molecule has 2 aromatic heterocycles. The molecule has 0 aliphatic heterocycles. The van der Waals surface area contributed by atoms with Crippen LogP contribution in [0.1, 0.15) is 18.3 Å². The molecule has 0 spiro atoms. The molecule has 0 radical (unpaired) electrons. The molecule has 0 fully saturated rings. The first-order chi connectivity index (χ1) is 16.6. The Hall–Kier alpha value is -3.69. The van der Waals surface area contributed by atoms with Crippen molar-refractivity contribution in [1.29, 1.82) is 0 Å². The van der Waals surface area contributed by atoms with Crippen LogP contribution in [0, 0.1) is 0 Å². The minimum atomic E-state index is -0.449. The van der Waals surface area contributed by atoms with Gasteiger partial charge in [0.15, 0.2) is 11.0 Å². The Morgan fingerprint density at radius 1 is 1.12 bits per heavy atom. The van der Waals surface area contributed by atoms with Gasteiger partial charge in [0.1, 0.15) is 0 Å². The van der Waals surface area contributed by atoms with Crippen LogP contribution < -0.4 is 10.7 Å². The van der Waals surface area contributed by atoms with Crippen molar-refractivity contribution in [2.75, 3.05) is 5.32 Å². The Bertz CT molecular complexity index is 1250. The number of amides is 1. The van der Waals surface area contributed by atoms with Crippen molar-refractivity contribution < 1.29 is 4.79 Å². The van der Waals surface area contributed by atoms with Crippen LogP contribution in [0.3, 0.4) is 0 Å². The molecular weight excluding hydrogens is 470 g/mol. The number of nitrogens with one attached hydrogen (secondary N) is 2. The van der Waals surface area contributed by atoms with Gasteiger partial charge in [-0.05, 0) is 49.4 Å². The van der Waals surface area contributed by atoms with Gasteiger partial charge < -0.3 is 5.32 Å². The standard InChI is InChI=1S/C24H22ClN7OS/c1-17(23(33)30-28-15-18-6-5-13-26-14-18)34-24-31-29-22(32(24)21-7-3-2-4-8-21)16-27-20-11-9-19(25)10-12-20/h2-15,17,27H,16H2,1H3,(H,30,33)/b28-15+. The average Bonchev–Trinajstić information content (AvgIpc) is 3.27. The van der Waals surface area contributed by atoms with Gasteiger partial charge in [0.2, 0.25) is 0 Å². The smallest absolute Gasteiger partial charge is 0.253 e. The van der Waals surface area contributed by atoms with Gasteiger partial charge in [0.25, 0.3) is 5.91 Å². The van der Waals surface area contributed by atoms with Crippen molar-refractivity contribution in [2.24, 2.45) is 5.10 Å². The highest BCUT2D eigenvalue weighted by Crippen LogP contribution is 2.26. The monoisotopic (exact) mass is 491 g/mol. The topological polar surface area (TPSA) is 97.1 Å². The third-order valence-corrected chi connectivity index (χ3v) is 6.03. The minimum Gasteiger partial charge on any atom is -0.378 e. The van der Waals surface area contributed by atoms with Crippen LogP contribution in [0.25, 0.3) is 5.69 Å². The molecule has 1 unspecified atom stereocenters. The molecule has 172 valence electrons. The number of pyridine rings is 1. The van der Waals surface area contributed by atoms with Gasteiger partial charge in [-0.3, -0.25) is 14.3 Å². The molecule has 2 aromatic carbocycles. The Morgan fingerprint density at radius 3 is 2.65 bits per heavy atom. The van der Waals surface area contributed by atoms with Crippen molar-refractivity contribution in [3.05, 3.63) is 95.5 Å². The van der Waals surface area contributed by atoms with Crippen LogP contribution in [0.15, 0.2) is 89.4 Å². The van der Waals surface area contributed by atoms with Crippen LogP contribution in [0.5, 0.6) is 0 Å². The largest absolute Gasteiger partial charge is 0.378 e. The normalized spacial score (nSPS) is 11.9. The van der Waals surface area contributed by atoms with Crippen molar-refractivity contribution in [2.45, 2.75) is 23.9 Å². The fourth-order valence-corrected chi connectivity index (χ4v) is 4.01. The van der Waals surface area contributed by atoms with Gasteiger partial charge in [-0.2, -0.15) is 5.10 Å². The lowest BCUT2D eigenvalue weighted by molar-refractivity contribution is -0.120. The third kappa shape index (κ3) is 6.21. The highest BCUT2D eigenvalue weighted by molar-refractivity contribution is 8.00. The van der Waals surface area contributed by atoms with E-state index in [-0.39, 0.29) is 5.91 Å². The highest BCUT2D eigenvalue weighted by atomic mass is 35.5. The van der Waals surface area contributed by atoms with Crippen molar-refractivity contribution in [1.82, 2.24) is 25.2 Å². The Morgan fingerprint density at radius 2 is 1.91 bits per heavy atom. The zero-order chi connectivity index (χ0) is 23.8. The predicted molar refractivity (Wildman–Crippen MR) is 135 cm³/mol. The van der Waals surface area contributed by atoms with Gasteiger partial charge in [0, 0.05) is 34.4 Å². The number of aromatic nitrogens is 4. The zero-order valence-corrected chi connectivity index (χ0v) is 19.9. The maximum Gasteiger partial charge on any atom is 0.253 e. The van der Waals surface area contributed by atoms with E-state index in [4.69, 9.17) is 11.6 Å². The summed E-state index contributed by atoms with van der Waals surface area (Å²) in [6, 6.07) is 20.9. The van der Waals surface area contributed by atoms with Gasteiger partial charge in [-0.25, -0.2) is 5.43 Å². The summed E-state index contributed by atoms with van der Waals surface area (Å²) in [7, 11) is 0. The molecule has 4 aromatic rings. The summed E-state index contributed by atoms with van der Waals surface area (Å²) in [5.74, 6) is 0.472. The number of hydrazone groups is 1. The number of hydrogen-bond acceptors (Lipinski definition) is 7. The number of halogens is 1. The second kappa shape index (κ2) is 11.4. The Balaban J connectivity index is 1.47. The third-order valence-electron chi connectivity index (χ3n) is 4.73. The van der Waals surface area contributed by atoms with Crippen molar-refractivity contribution in [3.8, 4) is 5.69 Å². The van der Waals surface area contributed by atoms with Crippen molar-refractivity contribution >= 4 is 41.2 Å². The van der Waals surface area contributed by atoms with Gasteiger partial charge in [0.05, 0.1) is 18.0 Å². The first-order valence-electron chi connectivity index (χ1n) is 10.5. The van der Waals surface area contributed by atoms with E-state index >= 15 is 0 Å². The number of benzene rings is 2. The van der Waals surface area contributed by atoms with E-state index in [2.05, 4.69) is 31.0 Å². The molecular formula is C24H22ClN7OS. The van der Waals surface area contributed by atoms with E-state index in [1.165, 1.54) is 11.8 Å². The van der Waals surface area contributed by atoms with Crippen molar-refractivity contribution in [3.63, 3.8) is 0 Å². The molecule has 4 rings (SSSR count). The van der Waals surface area contributed by atoms with Gasteiger partial charge >= 0.3 is 0 Å². The molecule has 1 atom stereocenters. The van der Waals surface area contributed by atoms with E-state index in [9.17, 15) is 4.79 Å². The summed E-state index contributed by atoms with van der Waals surface area (Å²) in [5, 5.41) is 16.9. The fourth-order valence-electron chi connectivity index (χ4n) is 3.00. The summed E-state index contributed by atoms with van der Waals surface area (Å²) < 4.78 is 1.94. The minimum absolute atomic E-state index is 0.242. The van der Waals surface area contributed by atoms with E-state index in [0.29, 0.717) is 22.5 Å². The summed E-state index contributed by atoms with van der Waals surface area (Å²) in [6.45, 7) is 2.25. The van der Waals surface area contributed by atoms with Gasteiger partial charge in [-0.1, -0.05) is 47.6 Å². The molecule has 2 heterocycles. The lowest BCUT2D eigenvalue weighted by atomic mass is 10.3. The molecule has 0 aliphatic rings. The molecule has 0 aliphatic carbocycles. The molecule has 1 amide bonds. The molecule has 0 saturated carbocycles. The molecule has 0 saturated heterocycles. The van der Waals surface area contributed by atoms with E-state index in [1.54, 1.807) is 31.6 Å². The van der Waals surface area contributed by atoms with Crippen LogP contribution in [0.2, 0.25) is 5.02 Å². The summed E-state index contributed by atoms with van der Waals surface area (Å²) in [4.78, 5) is 16.6. The molecule has 10 heteroatoms. The SMILES string of the molecule is CC(Sc1nnc(CNc2ccc(Cl)cc2)n1-c1ccccc1)C(=O)N/N=C/c1cccnc1. The number of carbonyl (C=O) groups excluding carboxylic acids is 1. The van der Waals surface area contributed by atoms with Gasteiger partial charge in [-0.15, -0.1) is 10.2 Å². The first-order valence-corrected chi connectivity index (χ1v) is 11.7. The number of thioether (sulfide) groups is 1. The number of hydrogen-bond donors (Lipinski definition) is 2. The maximum absolute atomic E-state index is 12.6. The number of para-hydroxylation sites is 1. The van der Waals surface area contributed by atoms with E-state index < -0.39 is 5.25 Å². The first kappa shape index (κ1) is 23.5. The summed E-state index contributed by atoms with van der Waals surface area (Å²) in [5.41, 5.74) is 5.19. The quantitative estimate of drug-likeness (QED) is 0.202. The number of nitrogens with zero attached hydrogens (tertiary/aromatic N) is 5. The number of carbonyl (C=O) groups is 1. The molecule has 0 bridgehead atoms. The second-order valence-corrected chi connectivity index (χ2v) is 8.96. The highest BCUT2D eigenvalue weighted by Gasteiger charge is 2.21. The molecule has 8 nitrogen and oxygen atoms in total. The predicted octanol–water partition coefficient (Wildman–Crippen LogP) is 4.56. The number of anilines is 1. The van der Waals surface area contributed by atoms with E-state index in [1.807, 2.05) is 65.2 Å². The fraction of sp³-hybridized carbons (Fsp3) is 0.125. The van der Waals surface area contributed by atoms with Crippen LogP contribution in [0.4, 0.5) is 5.69 Å². The van der Waals surface area contributed by atoms with E-state index in [0.717, 1.165) is 16.9 Å². The van der Waals surface area contributed by atoms with Crippen LogP contribution >= 0.6 is 23.4 Å². The number of rotatable bonds is 9. The average molecular weight is 492 g/mol. The lowest BCUT2D eigenvalue weighted by Gasteiger charge is -2.13. The molecule has 2 N–H and O–H groups in total. The zero-order valence-electron chi connectivity index (χ0n) is 18.3. The molecule has 34 heavy (non-hydrogen) atoms. The second-order valence-electron chi connectivity index (χ2n) is 7.21. The summed E-state index contributed by atoms with van der Waals surface area (Å²) in [6.07, 6.45) is 4.89. The lowest BCUT2D eigenvalue weighted by Crippen LogP contribution is -2.27. The Labute approximate surface area is 206 Å². The van der Waals surface area contributed by atoms with Crippen LogP contribution in [-0.4, -0.2) is 37.1 Å². The maximum atomic E-state index is 12.6. The Kier molecular flexibility index (Phi) is 7.90. The van der Waals surface area contributed by atoms with Crippen LogP contribution in [-0.2, 0) is 11.3 Å².